The molecule has 0 radical (unpaired) electrons. The lowest BCUT2D eigenvalue weighted by molar-refractivity contribution is 0.104. The molecular formula is C10H20N4O2. The summed E-state index contributed by atoms with van der Waals surface area (Å²) in [6.45, 7) is 3.76. The minimum atomic E-state index is 0.710. The van der Waals surface area contributed by atoms with Gasteiger partial charge in [0.15, 0.2) is 0 Å². The molecule has 0 saturated heterocycles. The fraction of sp³-hybridized carbons (Fsp3) is 0.800. The van der Waals surface area contributed by atoms with Crippen molar-refractivity contribution in [2.45, 2.75) is 13.0 Å². The van der Waals surface area contributed by atoms with Crippen LogP contribution in [0.15, 0.2) is 6.33 Å². The Morgan fingerprint density at radius 2 is 2.25 bits per heavy atom. The van der Waals surface area contributed by atoms with Crippen LogP contribution in [0.2, 0.25) is 0 Å². The monoisotopic (exact) mass is 228 g/mol. The zero-order valence-electron chi connectivity index (χ0n) is 9.98. The number of ether oxygens (including phenoxy) is 2. The van der Waals surface area contributed by atoms with Crippen LogP contribution in [-0.4, -0.2) is 48.2 Å². The summed E-state index contributed by atoms with van der Waals surface area (Å²) in [4.78, 5) is 0. The second-order valence-corrected chi connectivity index (χ2v) is 3.49. The summed E-state index contributed by atoms with van der Waals surface area (Å²) in [6.07, 6.45) is 2.64. The highest BCUT2D eigenvalue weighted by atomic mass is 16.5. The van der Waals surface area contributed by atoms with Gasteiger partial charge < -0.3 is 19.4 Å². The van der Waals surface area contributed by atoms with Gasteiger partial charge in [0, 0.05) is 33.9 Å². The van der Waals surface area contributed by atoms with Gasteiger partial charge in [-0.2, -0.15) is 0 Å². The Balaban J connectivity index is 1.91. The summed E-state index contributed by atoms with van der Waals surface area (Å²) < 4.78 is 12.2. The van der Waals surface area contributed by atoms with Crippen LogP contribution in [0, 0.1) is 0 Å². The van der Waals surface area contributed by atoms with Crippen molar-refractivity contribution in [1.29, 1.82) is 0 Å². The summed E-state index contributed by atoms with van der Waals surface area (Å²) in [7, 11) is 3.63. The Hall–Kier alpha value is -0.980. The Morgan fingerprint density at radius 3 is 2.94 bits per heavy atom. The minimum Gasteiger partial charge on any atom is -0.385 e. The number of aryl methyl sites for hydroxylation is 1. The first-order valence-corrected chi connectivity index (χ1v) is 5.45. The molecular weight excluding hydrogens is 208 g/mol. The average molecular weight is 228 g/mol. The Labute approximate surface area is 96.0 Å². The summed E-state index contributed by atoms with van der Waals surface area (Å²) in [6, 6.07) is 0. The van der Waals surface area contributed by atoms with Crippen molar-refractivity contribution in [2.24, 2.45) is 7.05 Å². The highest BCUT2D eigenvalue weighted by Gasteiger charge is 1.98. The first-order valence-electron chi connectivity index (χ1n) is 5.45. The predicted octanol–water partition coefficient (Wildman–Crippen LogP) is -0.0422. The molecule has 6 nitrogen and oxygen atoms in total. The molecule has 0 unspecified atom stereocenters. The normalized spacial score (nSPS) is 10.9. The van der Waals surface area contributed by atoms with E-state index in [9.17, 15) is 0 Å². The van der Waals surface area contributed by atoms with E-state index in [0.29, 0.717) is 6.61 Å². The highest BCUT2D eigenvalue weighted by molar-refractivity contribution is 4.82. The van der Waals surface area contributed by atoms with E-state index in [-0.39, 0.29) is 0 Å². The van der Waals surface area contributed by atoms with E-state index in [1.165, 1.54) is 0 Å². The molecule has 0 bridgehead atoms. The van der Waals surface area contributed by atoms with E-state index in [4.69, 9.17) is 9.47 Å². The van der Waals surface area contributed by atoms with Crippen LogP contribution in [0.5, 0.6) is 0 Å². The van der Waals surface area contributed by atoms with Crippen LogP contribution in [0.3, 0.4) is 0 Å². The van der Waals surface area contributed by atoms with E-state index < -0.39 is 0 Å². The molecule has 0 atom stereocenters. The minimum absolute atomic E-state index is 0.710. The van der Waals surface area contributed by atoms with Gasteiger partial charge in [0.2, 0.25) is 0 Å². The number of methoxy groups -OCH3 is 1. The lowest BCUT2D eigenvalue weighted by atomic mass is 10.5. The number of aromatic nitrogens is 3. The lowest BCUT2D eigenvalue weighted by Gasteiger charge is -2.05. The Kier molecular flexibility index (Phi) is 6.71. The van der Waals surface area contributed by atoms with Crippen LogP contribution in [0.1, 0.15) is 12.2 Å². The van der Waals surface area contributed by atoms with Gasteiger partial charge in [-0.15, -0.1) is 10.2 Å². The van der Waals surface area contributed by atoms with E-state index in [0.717, 1.165) is 38.5 Å². The van der Waals surface area contributed by atoms with Gasteiger partial charge in [0.25, 0.3) is 0 Å². The molecule has 1 rings (SSSR count). The van der Waals surface area contributed by atoms with Crippen LogP contribution in [-0.2, 0) is 23.1 Å². The summed E-state index contributed by atoms with van der Waals surface area (Å²) in [5.41, 5.74) is 0. The van der Waals surface area contributed by atoms with Crippen LogP contribution < -0.4 is 5.32 Å². The number of rotatable bonds is 9. The number of nitrogens with one attached hydrogen (secondary N) is 1. The molecule has 92 valence electrons. The van der Waals surface area contributed by atoms with E-state index in [1.807, 2.05) is 11.6 Å². The van der Waals surface area contributed by atoms with Crippen LogP contribution in [0.4, 0.5) is 0 Å². The van der Waals surface area contributed by atoms with Gasteiger partial charge in [-0.05, 0) is 6.42 Å². The third-order valence-electron chi connectivity index (χ3n) is 2.15. The van der Waals surface area contributed by atoms with E-state index in [2.05, 4.69) is 15.5 Å². The molecule has 1 N–H and O–H groups in total. The molecule has 1 aromatic heterocycles. The van der Waals surface area contributed by atoms with Gasteiger partial charge in [0.05, 0.1) is 13.2 Å². The van der Waals surface area contributed by atoms with Gasteiger partial charge in [-0.3, -0.25) is 0 Å². The van der Waals surface area contributed by atoms with Gasteiger partial charge in [0.1, 0.15) is 12.2 Å². The maximum atomic E-state index is 5.40. The SMILES string of the molecule is COCCCOCCNCc1nncn1C. The molecule has 0 aromatic carbocycles. The topological polar surface area (TPSA) is 61.2 Å². The Bertz CT molecular complexity index is 278. The molecule has 6 heteroatoms. The van der Waals surface area contributed by atoms with Crippen molar-refractivity contribution in [3.63, 3.8) is 0 Å². The first-order chi connectivity index (χ1) is 7.84. The van der Waals surface area contributed by atoms with Crippen molar-refractivity contribution in [3.05, 3.63) is 12.2 Å². The highest BCUT2D eigenvalue weighted by Crippen LogP contribution is 1.89. The summed E-state index contributed by atoms with van der Waals surface area (Å²) in [5.74, 6) is 0.930. The lowest BCUT2D eigenvalue weighted by Crippen LogP contribution is -2.21. The maximum Gasteiger partial charge on any atom is 0.146 e. The largest absolute Gasteiger partial charge is 0.385 e. The zero-order valence-corrected chi connectivity index (χ0v) is 9.98. The second kappa shape index (κ2) is 8.20. The molecule has 0 amide bonds. The van der Waals surface area contributed by atoms with Gasteiger partial charge in [-0.25, -0.2) is 0 Å². The molecule has 16 heavy (non-hydrogen) atoms. The number of hydrogen-bond acceptors (Lipinski definition) is 5. The fourth-order valence-electron chi connectivity index (χ4n) is 1.22. The zero-order chi connectivity index (χ0) is 11.6. The molecule has 1 heterocycles. The van der Waals surface area contributed by atoms with Crippen LogP contribution >= 0.6 is 0 Å². The Morgan fingerprint density at radius 1 is 1.38 bits per heavy atom. The third kappa shape index (κ3) is 5.20. The van der Waals surface area contributed by atoms with Crippen molar-refractivity contribution in [3.8, 4) is 0 Å². The fourth-order valence-corrected chi connectivity index (χ4v) is 1.22. The van der Waals surface area contributed by atoms with E-state index >= 15 is 0 Å². The quantitative estimate of drug-likeness (QED) is 0.601. The third-order valence-corrected chi connectivity index (χ3v) is 2.15. The van der Waals surface area contributed by atoms with Crippen molar-refractivity contribution in [1.82, 2.24) is 20.1 Å². The van der Waals surface area contributed by atoms with Gasteiger partial charge >= 0.3 is 0 Å². The standard InChI is InChI=1S/C10H20N4O2/c1-14-9-12-13-10(14)8-11-4-7-16-6-3-5-15-2/h9,11H,3-8H2,1-2H3. The van der Waals surface area contributed by atoms with Gasteiger partial charge in [-0.1, -0.05) is 0 Å². The first kappa shape index (κ1) is 13.1. The molecule has 1 aromatic rings. The summed E-state index contributed by atoms with van der Waals surface area (Å²) in [5, 5.41) is 11.0. The molecule has 0 fully saturated rings. The molecule has 0 aliphatic heterocycles. The predicted molar refractivity (Wildman–Crippen MR) is 60.0 cm³/mol. The molecule has 0 spiro atoms. The maximum absolute atomic E-state index is 5.40. The van der Waals surface area contributed by atoms with Crippen molar-refractivity contribution < 1.29 is 9.47 Å². The second-order valence-electron chi connectivity index (χ2n) is 3.49. The number of nitrogens with zero attached hydrogens (tertiary/aromatic N) is 3. The summed E-state index contributed by atoms with van der Waals surface area (Å²) >= 11 is 0. The van der Waals surface area contributed by atoms with Crippen molar-refractivity contribution in [2.75, 3.05) is 33.5 Å². The number of hydrogen-bond donors (Lipinski definition) is 1. The molecule has 0 saturated carbocycles. The average Bonchev–Trinajstić information content (AvgIpc) is 2.68. The molecule has 0 aliphatic carbocycles. The van der Waals surface area contributed by atoms with Crippen molar-refractivity contribution >= 4 is 0 Å². The smallest absolute Gasteiger partial charge is 0.146 e. The van der Waals surface area contributed by atoms with Crippen LogP contribution in [0.25, 0.3) is 0 Å². The van der Waals surface area contributed by atoms with E-state index in [1.54, 1.807) is 13.4 Å². The molecule has 0 aliphatic rings.